The second kappa shape index (κ2) is 4.86. The van der Waals surface area contributed by atoms with Gasteiger partial charge in [-0.2, -0.15) is 8.42 Å². The third kappa shape index (κ3) is 2.73. The van der Waals surface area contributed by atoms with Crippen molar-refractivity contribution >= 4 is 21.6 Å². The molecular weight excluding hydrogens is 290 g/mol. The highest BCUT2D eigenvalue weighted by atomic mass is 32.2. The van der Waals surface area contributed by atoms with Crippen molar-refractivity contribution < 1.29 is 13.2 Å². The number of benzene rings is 1. The fraction of sp³-hybridized carbons (Fsp3) is 0.571. The summed E-state index contributed by atoms with van der Waals surface area (Å²) in [5.41, 5.74) is 1.41. The largest absolute Gasteiger partial charge is 0.381 e. The molecule has 1 aromatic rings. The van der Waals surface area contributed by atoms with Crippen molar-refractivity contribution in [3.05, 3.63) is 24.3 Å². The third-order valence-electron chi connectivity index (χ3n) is 4.55. The van der Waals surface area contributed by atoms with Gasteiger partial charge < -0.3 is 10.1 Å². The number of ether oxygens (including phenoxy) is 1. The fourth-order valence-corrected chi connectivity index (χ4v) is 4.09. The van der Waals surface area contributed by atoms with Crippen LogP contribution in [0.25, 0.3) is 0 Å². The van der Waals surface area contributed by atoms with E-state index in [0.29, 0.717) is 23.8 Å². The molecule has 3 rings (SSSR count). The van der Waals surface area contributed by atoms with E-state index in [9.17, 15) is 8.42 Å². The fourth-order valence-electron chi connectivity index (χ4n) is 3.63. The molecule has 1 heterocycles. The standard InChI is InChI=1S/C14H21N3O3S/c1-14(2)12(11-6-7-20-13(11)14)16-9-4-3-5-10(8-9)17-21(15,18)19/h3-5,8,11-13,16-17H,6-7H2,1-2H3,(H2,15,18,19). The van der Waals surface area contributed by atoms with Gasteiger partial charge in [-0.25, -0.2) is 5.14 Å². The lowest BCUT2D eigenvalue weighted by atomic mass is 9.57. The number of nitrogens with two attached hydrogens (primary N) is 1. The van der Waals surface area contributed by atoms with Gasteiger partial charge in [0.15, 0.2) is 0 Å². The number of fused-ring (bicyclic) bond motifs is 1. The Morgan fingerprint density at radius 3 is 2.76 bits per heavy atom. The van der Waals surface area contributed by atoms with Crippen LogP contribution in [0.4, 0.5) is 11.4 Å². The monoisotopic (exact) mass is 311 g/mol. The van der Waals surface area contributed by atoms with E-state index in [1.807, 2.05) is 6.07 Å². The van der Waals surface area contributed by atoms with Crippen molar-refractivity contribution in [2.24, 2.45) is 16.5 Å². The number of hydrogen-bond donors (Lipinski definition) is 3. The smallest absolute Gasteiger partial charge is 0.296 e. The summed E-state index contributed by atoms with van der Waals surface area (Å²) in [6, 6.07) is 7.47. The van der Waals surface area contributed by atoms with E-state index < -0.39 is 10.2 Å². The van der Waals surface area contributed by atoms with Gasteiger partial charge in [-0.05, 0) is 24.6 Å². The highest BCUT2D eigenvalue weighted by Gasteiger charge is 2.59. The maximum Gasteiger partial charge on any atom is 0.296 e. The van der Waals surface area contributed by atoms with Gasteiger partial charge in [0.05, 0.1) is 11.8 Å². The van der Waals surface area contributed by atoms with Crippen LogP contribution in [0, 0.1) is 11.3 Å². The Hall–Kier alpha value is -1.31. The van der Waals surface area contributed by atoms with E-state index in [1.165, 1.54) is 0 Å². The van der Waals surface area contributed by atoms with E-state index in [-0.39, 0.29) is 5.41 Å². The van der Waals surface area contributed by atoms with Crippen LogP contribution in [0.15, 0.2) is 24.3 Å². The zero-order chi connectivity index (χ0) is 15.3. The van der Waals surface area contributed by atoms with Crippen LogP contribution in [0.3, 0.4) is 0 Å². The van der Waals surface area contributed by atoms with Crippen molar-refractivity contribution in [3.63, 3.8) is 0 Å². The first kappa shape index (κ1) is 14.6. The lowest BCUT2D eigenvalue weighted by molar-refractivity contribution is -0.0923. The van der Waals surface area contributed by atoms with Gasteiger partial charge in [0.2, 0.25) is 0 Å². The number of anilines is 2. The Balaban J connectivity index is 1.75. The van der Waals surface area contributed by atoms with Crippen molar-refractivity contribution in [1.29, 1.82) is 0 Å². The lowest BCUT2D eigenvalue weighted by Gasteiger charge is -2.55. The molecule has 1 aromatic carbocycles. The zero-order valence-corrected chi connectivity index (χ0v) is 13.0. The molecule has 1 saturated carbocycles. The minimum Gasteiger partial charge on any atom is -0.381 e. The second-order valence-electron chi connectivity index (χ2n) is 6.42. The molecule has 0 aromatic heterocycles. The average molecular weight is 311 g/mol. The summed E-state index contributed by atoms with van der Waals surface area (Å²) in [5, 5.41) is 8.50. The number of rotatable bonds is 4. The summed E-state index contributed by atoms with van der Waals surface area (Å²) in [6.07, 6.45) is 1.39. The molecule has 1 saturated heterocycles. The quantitative estimate of drug-likeness (QED) is 0.786. The van der Waals surface area contributed by atoms with E-state index in [1.54, 1.807) is 18.2 Å². The van der Waals surface area contributed by atoms with Crippen LogP contribution in [0.2, 0.25) is 0 Å². The van der Waals surface area contributed by atoms with Gasteiger partial charge in [0, 0.05) is 29.7 Å². The van der Waals surface area contributed by atoms with Crippen LogP contribution in [-0.2, 0) is 14.9 Å². The van der Waals surface area contributed by atoms with Crippen LogP contribution < -0.4 is 15.2 Å². The summed E-state index contributed by atoms with van der Waals surface area (Å²) in [5.74, 6) is 0.523. The second-order valence-corrected chi connectivity index (χ2v) is 7.71. The summed E-state index contributed by atoms with van der Waals surface area (Å²) >= 11 is 0. The van der Waals surface area contributed by atoms with Crippen LogP contribution in [0.1, 0.15) is 20.3 Å². The summed E-state index contributed by atoms with van der Waals surface area (Å²) < 4.78 is 30.2. The Morgan fingerprint density at radius 2 is 2.05 bits per heavy atom. The predicted molar refractivity (Wildman–Crippen MR) is 82.2 cm³/mol. The van der Waals surface area contributed by atoms with Gasteiger partial charge in [-0.1, -0.05) is 19.9 Å². The van der Waals surface area contributed by atoms with Crippen molar-refractivity contribution in [2.75, 3.05) is 16.6 Å². The summed E-state index contributed by atoms with van der Waals surface area (Å²) in [6.45, 7) is 5.22. The van der Waals surface area contributed by atoms with Gasteiger partial charge >= 0.3 is 0 Å². The van der Waals surface area contributed by atoms with E-state index >= 15 is 0 Å². The minimum absolute atomic E-state index is 0.0740. The van der Waals surface area contributed by atoms with Crippen molar-refractivity contribution in [1.82, 2.24) is 0 Å². The third-order valence-corrected chi connectivity index (χ3v) is 5.07. The maximum atomic E-state index is 11.1. The van der Waals surface area contributed by atoms with Gasteiger partial charge in [0.25, 0.3) is 10.2 Å². The Morgan fingerprint density at radius 1 is 1.33 bits per heavy atom. The molecule has 2 aliphatic rings. The molecule has 3 unspecified atom stereocenters. The van der Waals surface area contributed by atoms with Gasteiger partial charge in [-0.3, -0.25) is 4.72 Å². The van der Waals surface area contributed by atoms with Crippen molar-refractivity contribution in [3.8, 4) is 0 Å². The molecule has 7 heteroatoms. The van der Waals surface area contributed by atoms with E-state index in [0.717, 1.165) is 18.7 Å². The summed E-state index contributed by atoms with van der Waals surface area (Å²) in [7, 11) is -3.75. The van der Waals surface area contributed by atoms with Crippen LogP contribution in [-0.4, -0.2) is 27.2 Å². The molecule has 3 atom stereocenters. The molecule has 0 amide bonds. The first-order valence-corrected chi connectivity index (χ1v) is 8.61. The molecule has 0 radical (unpaired) electrons. The predicted octanol–water partition coefficient (Wildman–Crippen LogP) is 1.53. The van der Waals surface area contributed by atoms with Crippen LogP contribution in [0.5, 0.6) is 0 Å². The molecule has 4 N–H and O–H groups in total. The van der Waals surface area contributed by atoms with E-state index in [4.69, 9.17) is 9.88 Å². The SMILES string of the molecule is CC1(C)C(Nc2cccc(NS(N)(=O)=O)c2)C2CCOC21. The van der Waals surface area contributed by atoms with E-state index in [2.05, 4.69) is 23.9 Å². The molecule has 116 valence electrons. The molecule has 2 fully saturated rings. The Bertz CT molecular complexity index is 645. The highest BCUT2D eigenvalue weighted by molar-refractivity contribution is 7.90. The normalized spacial score (nSPS) is 30.3. The molecule has 0 bridgehead atoms. The zero-order valence-electron chi connectivity index (χ0n) is 12.2. The lowest BCUT2D eigenvalue weighted by Crippen LogP contribution is -2.63. The number of hydrogen-bond acceptors (Lipinski definition) is 4. The van der Waals surface area contributed by atoms with Crippen LogP contribution >= 0.6 is 0 Å². The minimum atomic E-state index is -3.75. The highest BCUT2D eigenvalue weighted by Crippen LogP contribution is 2.53. The Kier molecular flexibility index (Phi) is 3.38. The maximum absolute atomic E-state index is 11.1. The van der Waals surface area contributed by atoms with Gasteiger partial charge in [-0.15, -0.1) is 0 Å². The molecule has 21 heavy (non-hydrogen) atoms. The molecule has 1 aliphatic heterocycles. The molecule has 6 nitrogen and oxygen atoms in total. The molecular formula is C14H21N3O3S. The summed E-state index contributed by atoms with van der Waals surface area (Å²) in [4.78, 5) is 0. The molecule has 1 aliphatic carbocycles. The Labute approximate surface area is 125 Å². The molecule has 0 spiro atoms. The van der Waals surface area contributed by atoms with Gasteiger partial charge in [0.1, 0.15) is 0 Å². The topological polar surface area (TPSA) is 93.5 Å². The first-order chi connectivity index (χ1) is 9.77. The number of nitrogens with one attached hydrogen (secondary N) is 2. The average Bonchev–Trinajstić information content (AvgIpc) is 2.81. The van der Waals surface area contributed by atoms with Crippen molar-refractivity contribution in [2.45, 2.75) is 32.4 Å². The first-order valence-electron chi connectivity index (χ1n) is 7.06.